The van der Waals surface area contributed by atoms with E-state index in [4.69, 9.17) is 9.47 Å². The van der Waals surface area contributed by atoms with Crippen molar-refractivity contribution in [1.29, 1.82) is 0 Å². The number of benzene rings is 4. The van der Waals surface area contributed by atoms with Gasteiger partial charge in [0.15, 0.2) is 0 Å². The number of methoxy groups -OCH3 is 2. The Morgan fingerprint density at radius 3 is 2.48 bits per heavy atom. The summed E-state index contributed by atoms with van der Waals surface area (Å²) in [6.07, 6.45) is 0. The first-order chi connectivity index (χ1) is 16.0. The van der Waals surface area contributed by atoms with Gasteiger partial charge in [-0.1, -0.05) is 48.5 Å². The van der Waals surface area contributed by atoms with E-state index in [2.05, 4.69) is 60.8 Å². The fourth-order valence-corrected chi connectivity index (χ4v) is 4.26. The van der Waals surface area contributed by atoms with E-state index in [1.165, 1.54) is 23.6 Å². The van der Waals surface area contributed by atoms with E-state index < -0.39 is 0 Å². The van der Waals surface area contributed by atoms with Crippen molar-refractivity contribution in [3.05, 3.63) is 101 Å². The van der Waals surface area contributed by atoms with Gasteiger partial charge in [0.05, 0.1) is 19.8 Å². The van der Waals surface area contributed by atoms with Crippen LogP contribution in [-0.2, 0) is 11.3 Å². The van der Waals surface area contributed by atoms with Crippen LogP contribution in [0.15, 0.2) is 78.9 Å². The Morgan fingerprint density at radius 2 is 1.70 bits per heavy atom. The zero-order chi connectivity index (χ0) is 23.4. The average Bonchev–Trinajstić information content (AvgIpc) is 2.86. The summed E-state index contributed by atoms with van der Waals surface area (Å²) < 4.78 is 10.4. The lowest BCUT2D eigenvalue weighted by Crippen LogP contribution is -2.18. The molecule has 4 aromatic carbocycles. The van der Waals surface area contributed by atoms with Gasteiger partial charge in [0.1, 0.15) is 5.75 Å². The first-order valence-corrected chi connectivity index (χ1v) is 11.1. The molecule has 0 unspecified atom stereocenters. The van der Waals surface area contributed by atoms with E-state index in [1.54, 1.807) is 7.11 Å². The quantitative estimate of drug-likeness (QED) is 0.336. The number of carbonyl (C=O) groups excluding carboxylic acids is 1. The van der Waals surface area contributed by atoms with Crippen LogP contribution in [0.2, 0.25) is 0 Å². The van der Waals surface area contributed by atoms with Gasteiger partial charge in [-0.2, -0.15) is 0 Å². The molecule has 0 amide bonds. The maximum atomic E-state index is 12.3. The molecule has 4 aromatic rings. The second kappa shape index (κ2) is 9.88. The lowest BCUT2D eigenvalue weighted by atomic mass is 9.91. The minimum Gasteiger partial charge on any atom is -0.497 e. The average molecular weight is 440 g/mol. The molecule has 1 N–H and O–H groups in total. The smallest absolute Gasteiger partial charge is 0.338 e. The topological polar surface area (TPSA) is 47.6 Å². The summed E-state index contributed by atoms with van der Waals surface area (Å²) in [5, 5.41) is 5.96. The third kappa shape index (κ3) is 4.76. The Balaban J connectivity index is 1.70. The summed E-state index contributed by atoms with van der Waals surface area (Å²) in [5.74, 6) is 0.540. The van der Waals surface area contributed by atoms with Gasteiger partial charge in [-0.3, -0.25) is 0 Å². The second-order valence-corrected chi connectivity index (χ2v) is 8.21. The lowest BCUT2D eigenvalue weighted by Gasteiger charge is -2.18. The highest BCUT2D eigenvalue weighted by Crippen LogP contribution is 2.34. The van der Waals surface area contributed by atoms with Crippen molar-refractivity contribution in [2.45, 2.75) is 26.4 Å². The second-order valence-electron chi connectivity index (χ2n) is 8.21. The van der Waals surface area contributed by atoms with Crippen molar-refractivity contribution in [2.24, 2.45) is 0 Å². The zero-order valence-electron chi connectivity index (χ0n) is 19.5. The molecule has 0 aliphatic rings. The van der Waals surface area contributed by atoms with E-state index >= 15 is 0 Å². The fourth-order valence-electron chi connectivity index (χ4n) is 4.26. The number of hydrogen-bond donors (Lipinski definition) is 1. The van der Waals surface area contributed by atoms with Crippen molar-refractivity contribution in [2.75, 3.05) is 14.2 Å². The Kier molecular flexibility index (Phi) is 6.76. The van der Waals surface area contributed by atoms with Gasteiger partial charge in [-0.15, -0.1) is 0 Å². The highest BCUT2D eigenvalue weighted by atomic mass is 16.5. The first-order valence-electron chi connectivity index (χ1n) is 11.1. The van der Waals surface area contributed by atoms with Crippen LogP contribution in [0.1, 0.15) is 40.0 Å². The summed E-state index contributed by atoms with van der Waals surface area (Å²) in [7, 11) is 3.10. The molecule has 0 aliphatic heterocycles. The molecule has 0 heterocycles. The minimum atomic E-state index is -0.316. The molecule has 4 rings (SSSR count). The molecule has 168 valence electrons. The van der Waals surface area contributed by atoms with Gasteiger partial charge in [0.25, 0.3) is 0 Å². The number of nitrogens with one attached hydrogen (secondary N) is 1. The number of hydrogen-bond acceptors (Lipinski definition) is 4. The van der Waals surface area contributed by atoms with Crippen LogP contribution in [0.25, 0.3) is 21.9 Å². The van der Waals surface area contributed by atoms with Crippen LogP contribution < -0.4 is 10.1 Å². The van der Waals surface area contributed by atoms with Crippen molar-refractivity contribution >= 4 is 16.7 Å². The highest BCUT2D eigenvalue weighted by molar-refractivity contribution is 6.00. The molecule has 0 aliphatic carbocycles. The molecule has 0 radical (unpaired) electrons. The summed E-state index contributed by atoms with van der Waals surface area (Å²) >= 11 is 0. The predicted octanol–water partition coefficient (Wildman–Crippen LogP) is 6.46. The molecular formula is C29H29NO3. The lowest BCUT2D eigenvalue weighted by molar-refractivity contribution is 0.0600. The summed E-state index contributed by atoms with van der Waals surface area (Å²) in [6, 6.07) is 26.9. The van der Waals surface area contributed by atoms with Crippen LogP contribution in [0.5, 0.6) is 5.75 Å². The summed E-state index contributed by atoms with van der Waals surface area (Å²) in [6.45, 7) is 4.85. The van der Waals surface area contributed by atoms with Gasteiger partial charge >= 0.3 is 5.97 Å². The Hall–Kier alpha value is -3.63. The van der Waals surface area contributed by atoms with Crippen LogP contribution in [0.4, 0.5) is 0 Å². The third-order valence-electron chi connectivity index (χ3n) is 6.16. The van der Waals surface area contributed by atoms with Crippen molar-refractivity contribution < 1.29 is 14.3 Å². The predicted molar refractivity (Wildman–Crippen MR) is 134 cm³/mol. The van der Waals surface area contributed by atoms with Gasteiger partial charge in [0, 0.05) is 12.6 Å². The minimum absolute atomic E-state index is 0.166. The molecule has 1 atom stereocenters. The summed E-state index contributed by atoms with van der Waals surface area (Å²) in [5.41, 5.74) is 6.02. The van der Waals surface area contributed by atoms with E-state index in [0.717, 1.165) is 27.8 Å². The molecule has 4 nitrogen and oxygen atoms in total. The van der Waals surface area contributed by atoms with E-state index in [1.807, 2.05) is 37.3 Å². The van der Waals surface area contributed by atoms with Crippen LogP contribution in [0, 0.1) is 6.92 Å². The van der Waals surface area contributed by atoms with Gasteiger partial charge < -0.3 is 14.8 Å². The van der Waals surface area contributed by atoms with Gasteiger partial charge in [0.2, 0.25) is 0 Å². The standard InChI is InChI=1S/C29H29NO3/c1-19-25(13-8-14-26(19)29(31)33-4)28-16-21(15-23-9-5-6-12-27(23)28)18-30-20(2)22-10-7-11-24(17-22)32-3/h5-17,20,30H,18H2,1-4H3/t20-/m1/s1. The third-order valence-corrected chi connectivity index (χ3v) is 6.16. The highest BCUT2D eigenvalue weighted by Gasteiger charge is 2.15. The van der Waals surface area contributed by atoms with Gasteiger partial charge in [-0.05, 0) is 82.8 Å². The van der Waals surface area contributed by atoms with Crippen LogP contribution in [-0.4, -0.2) is 20.2 Å². The Bertz CT molecular complexity index is 1300. The number of rotatable bonds is 7. The number of ether oxygens (including phenoxy) is 2. The molecule has 0 spiro atoms. The molecule has 0 saturated heterocycles. The molecule has 0 fully saturated rings. The molecule has 4 heteroatoms. The molecule has 0 aromatic heterocycles. The molecular weight excluding hydrogens is 410 g/mol. The normalized spacial score (nSPS) is 11.9. The van der Waals surface area contributed by atoms with Crippen molar-refractivity contribution in [3.8, 4) is 16.9 Å². The molecule has 0 bridgehead atoms. The van der Waals surface area contributed by atoms with Crippen molar-refractivity contribution in [1.82, 2.24) is 5.32 Å². The largest absolute Gasteiger partial charge is 0.497 e. The number of fused-ring (bicyclic) bond motifs is 1. The molecule has 0 saturated carbocycles. The number of carbonyl (C=O) groups is 1. The SMILES string of the molecule is COC(=O)c1cccc(-c2cc(CN[C@H](C)c3cccc(OC)c3)cc3ccccc23)c1C. The van der Waals surface area contributed by atoms with E-state index in [9.17, 15) is 4.79 Å². The molecule has 33 heavy (non-hydrogen) atoms. The van der Waals surface area contributed by atoms with E-state index in [-0.39, 0.29) is 12.0 Å². The number of esters is 1. The van der Waals surface area contributed by atoms with Gasteiger partial charge in [-0.25, -0.2) is 4.79 Å². The van der Waals surface area contributed by atoms with Crippen LogP contribution in [0.3, 0.4) is 0 Å². The van der Waals surface area contributed by atoms with Crippen LogP contribution >= 0.6 is 0 Å². The Morgan fingerprint density at radius 1 is 0.909 bits per heavy atom. The van der Waals surface area contributed by atoms with E-state index in [0.29, 0.717) is 12.1 Å². The fraction of sp³-hybridized carbons (Fsp3) is 0.207. The zero-order valence-corrected chi connectivity index (χ0v) is 19.5. The maximum absolute atomic E-state index is 12.3. The van der Waals surface area contributed by atoms with Crippen molar-refractivity contribution in [3.63, 3.8) is 0 Å². The monoisotopic (exact) mass is 439 g/mol. The summed E-state index contributed by atoms with van der Waals surface area (Å²) in [4.78, 5) is 12.3. The maximum Gasteiger partial charge on any atom is 0.338 e. The Labute approximate surface area is 195 Å². The first kappa shape index (κ1) is 22.6.